The number of para-hydroxylation sites is 4. The zero-order valence-corrected chi connectivity index (χ0v) is 16.9. The monoisotopic (exact) mass is 384 g/mol. The fourth-order valence-electron chi connectivity index (χ4n) is 3.64. The molecule has 0 radical (unpaired) electrons. The van der Waals surface area contributed by atoms with Crippen molar-refractivity contribution in [3.8, 4) is 11.5 Å². The van der Waals surface area contributed by atoms with E-state index in [2.05, 4.69) is 16.3 Å². The molecule has 1 fully saturated rings. The van der Waals surface area contributed by atoms with Crippen LogP contribution in [0.4, 0.5) is 11.4 Å². The molecule has 0 saturated carbocycles. The number of anilines is 2. The van der Waals surface area contributed by atoms with Crippen LogP contribution in [-0.4, -0.2) is 51.8 Å². The van der Waals surface area contributed by atoms with Crippen molar-refractivity contribution in [1.82, 2.24) is 0 Å². The summed E-state index contributed by atoms with van der Waals surface area (Å²) in [5.74, 6) is 1.62. The molecule has 1 heterocycles. The Hall–Kier alpha value is -2.73. The molecule has 1 aliphatic rings. The van der Waals surface area contributed by atoms with E-state index in [1.807, 2.05) is 56.3 Å². The summed E-state index contributed by atoms with van der Waals surface area (Å²) in [5, 5.41) is 3.01. The molecule has 150 valence electrons. The van der Waals surface area contributed by atoms with Crippen LogP contribution in [0, 0.1) is 0 Å². The number of piperazine rings is 1. The molecule has 1 aliphatic heterocycles. The van der Waals surface area contributed by atoms with Gasteiger partial charge in [-0.15, -0.1) is 0 Å². The highest BCUT2D eigenvalue weighted by atomic mass is 16.5. The molecule has 1 atom stereocenters. The van der Waals surface area contributed by atoms with Gasteiger partial charge in [-0.2, -0.15) is 0 Å². The maximum Gasteiger partial charge on any atom is 0.282 e. The Morgan fingerprint density at radius 1 is 1.11 bits per heavy atom. The third kappa shape index (κ3) is 4.57. The maximum absolute atomic E-state index is 12.7. The second-order valence-electron chi connectivity index (χ2n) is 6.96. The van der Waals surface area contributed by atoms with Gasteiger partial charge in [0.1, 0.15) is 11.5 Å². The standard InChI is InChI=1S/C22H29N3O3/c1-4-28-21-12-8-6-10-19(21)25-15-13-24(14-16-25)17(2)22(26)23-18-9-5-7-11-20(18)27-3/h5-12,17H,4,13-16H2,1-3H3,(H,23,26)/p+1/t17-/m0/s1. The Kier molecular flexibility index (Phi) is 6.76. The van der Waals surface area contributed by atoms with Crippen LogP contribution in [0.3, 0.4) is 0 Å². The molecule has 2 N–H and O–H groups in total. The number of nitrogens with zero attached hydrogens (tertiary/aromatic N) is 1. The van der Waals surface area contributed by atoms with Crippen molar-refractivity contribution in [3.63, 3.8) is 0 Å². The van der Waals surface area contributed by atoms with E-state index in [9.17, 15) is 4.79 Å². The zero-order valence-electron chi connectivity index (χ0n) is 16.9. The first-order valence-electron chi connectivity index (χ1n) is 9.89. The maximum atomic E-state index is 12.7. The van der Waals surface area contributed by atoms with Gasteiger partial charge in [0.15, 0.2) is 6.04 Å². The van der Waals surface area contributed by atoms with Crippen molar-refractivity contribution in [2.24, 2.45) is 0 Å². The average Bonchev–Trinajstić information content (AvgIpc) is 2.74. The molecule has 0 aromatic heterocycles. The number of hydrogen-bond acceptors (Lipinski definition) is 4. The van der Waals surface area contributed by atoms with Gasteiger partial charge in [0.05, 0.1) is 51.3 Å². The summed E-state index contributed by atoms with van der Waals surface area (Å²) >= 11 is 0. The lowest BCUT2D eigenvalue weighted by atomic mass is 10.2. The van der Waals surface area contributed by atoms with Crippen LogP contribution in [0.25, 0.3) is 0 Å². The van der Waals surface area contributed by atoms with Gasteiger partial charge < -0.3 is 24.6 Å². The van der Waals surface area contributed by atoms with Crippen LogP contribution in [0.15, 0.2) is 48.5 Å². The van der Waals surface area contributed by atoms with E-state index in [4.69, 9.17) is 9.47 Å². The van der Waals surface area contributed by atoms with Gasteiger partial charge in [-0.25, -0.2) is 0 Å². The van der Waals surface area contributed by atoms with E-state index in [0.29, 0.717) is 18.0 Å². The van der Waals surface area contributed by atoms with Gasteiger partial charge in [-0.3, -0.25) is 4.79 Å². The highest BCUT2D eigenvalue weighted by molar-refractivity contribution is 5.94. The van der Waals surface area contributed by atoms with Crippen molar-refractivity contribution >= 4 is 17.3 Å². The van der Waals surface area contributed by atoms with Gasteiger partial charge >= 0.3 is 0 Å². The lowest BCUT2D eigenvalue weighted by Gasteiger charge is -2.36. The number of quaternary nitrogens is 1. The summed E-state index contributed by atoms with van der Waals surface area (Å²) in [6, 6.07) is 15.5. The smallest absolute Gasteiger partial charge is 0.282 e. The van der Waals surface area contributed by atoms with Gasteiger partial charge in [-0.1, -0.05) is 24.3 Å². The second-order valence-corrected chi connectivity index (χ2v) is 6.96. The molecule has 1 saturated heterocycles. The molecular formula is C22H30N3O3+. The highest BCUT2D eigenvalue weighted by Gasteiger charge is 2.30. The Morgan fingerprint density at radius 2 is 1.75 bits per heavy atom. The van der Waals surface area contributed by atoms with E-state index in [0.717, 1.165) is 37.6 Å². The van der Waals surface area contributed by atoms with E-state index in [1.165, 1.54) is 4.90 Å². The summed E-state index contributed by atoms with van der Waals surface area (Å²) in [7, 11) is 1.61. The Labute approximate surface area is 167 Å². The predicted octanol–water partition coefficient (Wildman–Crippen LogP) is 1.83. The summed E-state index contributed by atoms with van der Waals surface area (Å²) in [6.45, 7) is 8.24. The lowest BCUT2D eigenvalue weighted by Crippen LogP contribution is -3.19. The molecule has 3 rings (SSSR count). The number of carbonyl (C=O) groups excluding carboxylic acids is 1. The van der Waals surface area contributed by atoms with Crippen molar-refractivity contribution < 1.29 is 19.2 Å². The van der Waals surface area contributed by atoms with Crippen molar-refractivity contribution in [2.75, 3.05) is 50.1 Å². The second kappa shape index (κ2) is 9.46. The first kappa shape index (κ1) is 20.0. The molecule has 0 bridgehead atoms. The zero-order chi connectivity index (χ0) is 19.9. The molecule has 0 unspecified atom stereocenters. The highest BCUT2D eigenvalue weighted by Crippen LogP contribution is 2.28. The van der Waals surface area contributed by atoms with Crippen LogP contribution in [0.1, 0.15) is 13.8 Å². The molecule has 0 aliphatic carbocycles. The number of amides is 1. The number of ether oxygens (including phenoxy) is 2. The van der Waals surface area contributed by atoms with E-state index >= 15 is 0 Å². The molecule has 0 spiro atoms. The number of benzene rings is 2. The summed E-state index contributed by atoms with van der Waals surface area (Å²) in [5.41, 5.74) is 1.85. The number of methoxy groups -OCH3 is 1. The Balaban J connectivity index is 1.59. The number of nitrogens with one attached hydrogen (secondary N) is 2. The quantitative estimate of drug-likeness (QED) is 0.765. The fourth-order valence-corrected chi connectivity index (χ4v) is 3.64. The summed E-state index contributed by atoms with van der Waals surface area (Å²) < 4.78 is 11.1. The van der Waals surface area contributed by atoms with Gasteiger partial charge in [0, 0.05) is 0 Å². The topological polar surface area (TPSA) is 55.2 Å². The minimum Gasteiger partial charge on any atom is -0.495 e. The first-order chi connectivity index (χ1) is 13.6. The molecule has 6 nitrogen and oxygen atoms in total. The molecule has 28 heavy (non-hydrogen) atoms. The largest absolute Gasteiger partial charge is 0.495 e. The SMILES string of the molecule is CCOc1ccccc1N1CC[NH+]([C@@H](C)C(=O)Nc2ccccc2OC)CC1. The van der Waals surface area contributed by atoms with Crippen LogP contribution in [0.5, 0.6) is 11.5 Å². The van der Waals surface area contributed by atoms with E-state index < -0.39 is 0 Å². The minimum atomic E-state index is -0.130. The van der Waals surface area contributed by atoms with Crippen LogP contribution in [-0.2, 0) is 4.79 Å². The lowest BCUT2D eigenvalue weighted by molar-refractivity contribution is -0.914. The fraction of sp³-hybridized carbons (Fsp3) is 0.409. The summed E-state index contributed by atoms with van der Waals surface area (Å²) in [6.07, 6.45) is 0. The Bertz CT molecular complexity index is 788. The van der Waals surface area contributed by atoms with Gasteiger partial charge in [0.25, 0.3) is 5.91 Å². The average molecular weight is 385 g/mol. The van der Waals surface area contributed by atoms with E-state index in [-0.39, 0.29) is 11.9 Å². The molecule has 2 aromatic carbocycles. The van der Waals surface area contributed by atoms with Gasteiger partial charge in [-0.05, 0) is 38.1 Å². The van der Waals surface area contributed by atoms with Crippen LogP contribution < -0.4 is 24.6 Å². The minimum absolute atomic E-state index is 0.0164. The van der Waals surface area contributed by atoms with Crippen molar-refractivity contribution in [1.29, 1.82) is 0 Å². The van der Waals surface area contributed by atoms with Crippen molar-refractivity contribution in [3.05, 3.63) is 48.5 Å². The van der Waals surface area contributed by atoms with Gasteiger partial charge in [0.2, 0.25) is 0 Å². The Morgan fingerprint density at radius 3 is 2.43 bits per heavy atom. The predicted molar refractivity (Wildman–Crippen MR) is 112 cm³/mol. The third-order valence-corrected chi connectivity index (χ3v) is 5.28. The number of hydrogen-bond donors (Lipinski definition) is 2. The first-order valence-corrected chi connectivity index (χ1v) is 9.89. The normalized spacial score (nSPS) is 15.8. The summed E-state index contributed by atoms with van der Waals surface area (Å²) in [4.78, 5) is 16.4. The van der Waals surface area contributed by atoms with Crippen LogP contribution >= 0.6 is 0 Å². The number of carbonyl (C=O) groups is 1. The van der Waals surface area contributed by atoms with Crippen LogP contribution in [0.2, 0.25) is 0 Å². The number of rotatable bonds is 7. The third-order valence-electron chi connectivity index (χ3n) is 5.28. The molecular weight excluding hydrogens is 354 g/mol. The molecule has 1 amide bonds. The van der Waals surface area contributed by atoms with E-state index in [1.54, 1.807) is 7.11 Å². The molecule has 6 heteroatoms. The molecule has 2 aromatic rings. The van der Waals surface area contributed by atoms with Crippen molar-refractivity contribution in [2.45, 2.75) is 19.9 Å².